The van der Waals surface area contributed by atoms with Gasteiger partial charge in [0.2, 0.25) is 0 Å². The third kappa shape index (κ3) is 4.19. The Morgan fingerprint density at radius 1 is 1.10 bits per heavy atom. The summed E-state index contributed by atoms with van der Waals surface area (Å²) in [5.74, 6) is -0.447. The van der Waals surface area contributed by atoms with E-state index in [9.17, 15) is 9.59 Å². The summed E-state index contributed by atoms with van der Waals surface area (Å²) in [4.78, 5) is 30.4. The topological polar surface area (TPSA) is 61.2 Å². The predicted octanol–water partition coefficient (Wildman–Crippen LogP) is 4.53. The van der Waals surface area contributed by atoms with Gasteiger partial charge < -0.3 is 4.74 Å². The summed E-state index contributed by atoms with van der Waals surface area (Å²) in [6.45, 7) is 4.23. The van der Waals surface area contributed by atoms with Crippen LogP contribution in [0.25, 0.3) is 21.3 Å². The van der Waals surface area contributed by atoms with E-state index >= 15 is 0 Å². The fourth-order valence-corrected chi connectivity index (χ4v) is 4.22. The van der Waals surface area contributed by atoms with Gasteiger partial charge in [-0.05, 0) is 36.1 Å². The van der Waals surface area contributed by atoms with Crippen LogP contribution in [0.5, 0.6) is 0 Å². The quantitative estimate of drug-likeness (QED) is 0.432. The lowest BCUT2D eigenvalue weighted by Crippen LogP contribution is -2.26. The molecule has 2 aromatic heterocycles. The summed E-state index contributed by atoms with van der Waals surface area (Å²) in [5, 5.41) is 2.49. The van der Waals surface area contributed by atoms with Crippen LogP contribution >= 0.6 is 11.3 Å². The van der Waals surface area contributed by atoms with Crippen LogP contribution in [0.2, 0.25) is 0 Å². The fourth-order valence-electron chi connectivity index (χ4n) is 3.31. The number of hydrogen-bond acceptors (Lipinski definition) is 5. The minimum Gasteiger partial charge on any atom is -0.464 e. The molecule has 0 amide bonds. The van der Waals surface area contributed by atoms with Crippen LogP contribution in [0.1, 0.15) is 16.7 Å². The van der Waals surface area contributed by atoms with Gasteiger partial charge in [0.25, 0.3) is 5.56 Å². The van der Waals surface area contributed by atoms with Crippen molar-refractivity contribution in [2.45, 2.75) is 26.8 Å². The van der Waals surface area contributed by atoms with E-state index in [4.69, 9.17) is 4.74 Å². The Morgan fingerprint density at radius 2 is 1.90 bits per heavy atom. The zero-order valence-corrected chi connectivity index (χ0v) is 17.7. The minimum absolute atomic E-state index is 0.154. The highest BCUT2D eigenvalue weighted by molar-refractivity contribution is 7.17. The van der Waals surface area contributed by atoms with E-state index < -0.39 is 5.97 Å². The van der Waals surface area contributed by atoms with Crippen LogP contribution in [0.4, 0.5) is 0 Å². The molecule has 4 rings (SSSR count). The van der Waals surface area contributed by atoms with Crippen LogP contribution in [-0.2, 0) is 22.5 Å². The van der Waals surface area contributed by atoms with Crippen molar-refractivity contribution in [1.29, 1.82) is 0 Å². The van der Waals surface area contributed by atoms with Gasteiger partial charge in [-0.2, -0.15) is 0 Å². The molecule has 0 N–H and O–H groups in total. The van der Waals surface area contributed by atoms with Crippen molar-refractivity contribution in [2.75, 3.05) is 6.61 Å². The number of carbonyl (C=O) groups excluding carboxylic acids is 1. The molecule has 0 fully saturated rings. The molecular formula is C24H22N2O3S. The smallest absolute Gasteiger partial charge is 0.326 e. The second-order valence-corrected chi connectivity index (χ2v) is 8.12. The first kappa shape index (κ1) is 20.0. The number of nitrogens with zero attached hydrogens (tertiary/aromatic N) is 2. The number of esters is 1. The lowest BCUT2D eigenvalue weighted by Gasteiger charge is -2.08. The first-order valence-electron chi connectivity index (χ1n) is 9.77. The molecule has 0 aliphatic carbocycles. The molecule has 2 heterocycles. The van der Waals surface area contributed by atoms with Gasteiger partial charge in [-0.25, -0.2) is 4.98 Å². The first-order chi connectivity index (χ1) is 14.5. The van der Waals surface area contributed by atoms with Gasteiger partial charge in [0, 0.05) is 17.4 Å². The molecule has 152 valence electrons. The molecule has 0 aliphatic heterocycles. The molecule has 0 spiro atoms. The molecule has 2 aromatic carbocycles. The third-order valence-electron chi connectivity index (χ3n) is 5.17. The number of rotatable bonds is 6. The molecule has 6 heteroatoms. The molecule has 0 aliphatic rings. The van der Waals surface area contributed by atoms with Crippen molar-refractivity contribution >= 4 is 27.5 Å². The molecule has 0 atom stereocenters. The van der Waals surface area contributed by atoms with E-state index in [2.05, 4.69) is 24.9 Å². The Morgan fingerprint density at radius 3 is 2.67 bits per heavy atom. The number of carbonyl (C=O) groups is 1. The molecule has 0 saturated heterocycles. The Labute approximate surface area is 178 Å². The maximum absolute atomic E-state index is 13.1. The van der Waals surface area contributed by atoms with Gasteiger partial charge in [-0.15, -0.1) is 11.3 Å². The monoisotopic (exact) mass is 418 g/mol. The van der Waals surface area contributed by atoms with E-state index in [-0.39, 0.29) is 18.7 Å². The van der Waals surface area contributed by atoms with Crippen molar-refractivity contribution in [3.8, 4) is 11.1 Å². The van der Waals surface area contributed by atoms with Crippen molar-refractivity contribution in [2.24, 2.45) is 0 Å². The van der Waals surface area contributed by atoms with Gasteiger partial charge in [-0.3, -0.25) is 14.2 Å². The van der Waals surface area contributed by atoms with Crippen LogP contribution < -0.4 is 5.56 Å². The highest BCUT2D eigenvalue weighted by Crippen LogP contribution is 2.31. The average molecular weight is 419 g/mol. The number of hydrogen-bond donors (Lipinski definition) is 0. The number of aryl methyl sites for hydroxylation is 2. The molecule has 5 nitrogen and oxygen atoms in total. The van der Waals surface area contributed by atoms with Gasteiger partial charge in [0.05, 0.1) is 18.3 Å². The molecule has 0 unspecified atom stereocenters. The van der Waals surface area contributed by atoms with Gasteiger partial charge in [-0.1, -0.05) is 48.5 Å². The lowest BCUT2D eigenvalue weighted by atomic mass is 10.0. The Balaban J connectivity index is 1.53. The standard InChI is InChI=1S/C24H22N2O3S/c1-16-8-9-19(12-17(16)2)20-14-30-23-22(20)24(28)26(15-25-23)13-21(27)29-11-10-18-6-4-3-5-7-18/h3-9,12,14-15H,10-11,13H2,1-2H3. The maximum atomic E-state index is 13.1. The average Bonchev–Trinajstić information content (AvgIpc) is 3.18. The Hall–Kier alpha value is -3.25. The first-order valence-corrected chi connectivity index (χ1v) is 10.6. The van der Waals surface area contributed by atoms with E-state index in [1.165, 1.54) is 27.8 Å². The maximum Gasteiger partial charge on any atom is 0.326 e. The van der Waals surface area contributed by atoms with Crippen molar-refractivity contribution < 1.29 is 9.53 Å². The largest absolute Gasteiger partial charge is 0.464 e. The predicted molar refractivity (Wildman–Crippen MR) is 120 cm³/mol. The second-order valence-electron chi connectivity index (χ2n) is 7.26. The lowest BCUT2D eigenvalue weighted by molar-refractivity contribution is -0.144. The number of benzene rings is 2. The summed E-state index contributed by atoms with van der Waals surface area (Å²) in [6.07, 6.45) is 2.06. The number of aromatic nitrogens is 2. The SMILES string of the molecule is Cc1ccc(-c2csc3ncn(CC(=O)OCCc4ccccc4)c(=O)c23)cc1C. The van der Waals surface area contributed by atoms with Crippen molar-refractivity contribution in [3.05, 3.63) is 87.3 Å². The summed E-state index contributed by atoms with van der Waals surface area (Å²) in [6, 6.07) is 16.0. The number of fused-ring (bicyclic) bond motifs is 1. The minimum atomic E-state index is -0.447. The summed E-state index contributed by atoms with van der Waals surface area (Å²) in [7, 11) is 0. The van der Waals surface area contributed by atoms with Gasteiger partial charge in [0.1, 0.15) is 11.4 Å². The van der Waals surface area contributed by atoms with E-state index in [0.717, 1.165) is 22.3 Å². The van der Waals surface area contributed by atoms with Crippen molar-refractivity contribution in [1.82, 2.24) is 9.55 Å². The molecule has 0 bridgehead atoms. The number of ether oxygens (including phenoxy) is 1. The summed E-state index contributed by atoms with van der Waals surface area (Å²) < 4.78 is 6.64. The van der Waals surface area contributed by atoms with Crippen molar-refractivity contribution in [3.63, 3.8) is 0 Å². The highest BCUT2D eigenvalue weighted by Gasteiger charge is 2.15. The fraction of sp³-hybridized carbons (Fsp3) is 0.208. The van der Waals surface area contributed by atoms with Crippen LogP contribution in [-0.4, -0.2) is 22.1 Å². The molecule has 0 saturated carbocycles. The van der Waals surface area contributed by atoms with E-state index in [1.54, 1.807) is 0 Å². The molecular weight excluding hydrogens is 396 g/mol. The molecule has 0 radical (unpaired) electrons. The summed E-state index contributed by atoms with van der Waals surface area (Å²) in [5.41, 5.74) is 5.07. The van der Waals surface area contributed by atoms with Gasteiger partial charge >= 0.3 is 5.97 Å². The number of thiophene rings is 1. The van der Waals surface area contributed by atoms with E-state index in [1.807, 2.05) is 47.8 Å². The highest BCUT2D eigenvalue weighted by atomic mass is 32.1. The molecule has 30 heavy (non-hydrogen) atoms. The Kier molecular flexibility index (Phi) is 5.77. The van der Waals surface area contributed by atoms with Gasteiger partial charge in [0.15, 0.2) is 0 Å². The zero-order chi connectivity index (χ0) is 21.1. The normalized spacial score (nSPS) is 11.0. The second kappa shape index (κ2) is 8.63. The van der Waals surface area contributed by atoms with Crippen LogP contribution in [0.15, 0.2) is 65.0 Å². The Bertz CT molecular complexity index is 1260. The van der Waals surface area contributed by atoms with E-state index in [0.29, 0.717) is 16.6 Å². The van der Waals surface area contributed by atoms with Crippen LogP contribution in [0, 0.1) is 13.8 Å². The molecule has 4 aromatic rings. The summed E-state index contributed by atoms with van der Waals surface area (Å²) >= 11 is 1.43. The van der Waals surface area contributed by atoms with Crippen LogP contribution in [0.3, 0.4) is 0 Å². The third-order valence-corrected chi connectivity index (χ3v) is 6.06. The zero-order valence-electron chi connectivity index (χ0n) is 16.9.